The molecule has 2 saturated carbocycles. The van der Waals surface area contributed by atoms with Gasteiger partial charge in [-0.25, -0.2) is 0 Å². The first kappa shape index (κ1) is 24.2. The van der Waals surface area contributed by atoms with Gasteiger partial charge in [-0.3, -0.25) is 9.69 Å². The zero-order valence-corrected chi connectivity index (χ0v) is 23.0. The van der Waals surface area contributed by atoms with Crippen LogP contribution in [0.1, 0.15) is 67.1 Å². The summed E-state index contributed by atoms with van der Waals surface area (Å²) in [4.78, 5) is 16.2. The van der Waals surface area contributed by atoms with Crippen molar-refractivity contribution < 1.29 is 4.79 Å². The second kappa shape index (κ2) is 8.81. The molecule has 3 unspecified atom stereocenters. The van der Waals surface area contributed by atoms with Crippen molar-refractivity contribution in [1.82, 2.24) is 10.2 Å². The highest BCUT2D eigenvalue weighted by atomic mass is 16.1. The lowest BCUT2D eigenvalue weighted by Crippen LogP contribution is -2.64. The fourth-order valence-electron chi connectivity index (χ4n) is 8.45. The van der Waals surface area contributed by atoms with Crippen molar-refractivity contribution in [3.63, 3.8) is 0 Å². The van der Waals surface area contributed by atoms with E-state index in [-0.39, 0.29) is 17.4 Å². The van der Waals surface area contributed by atoms with Gasteiger partial charge in [0.15, 0.2) is 0 Å². The highest BCUT2D eigenvalue weighted by Gasteiger charge is 2.68. The van der Waals surface area contributed by atoms with Gasteiger partial charge in [0, 0.05) is 36.2 Å². The molecule has 5 atom stereocenters. The number of carbonyl (C=O) groups is 1. The fraction of sp³-hybridized carbons (Fsp3) is 0.457. The second-order valence-corrected chi connectivity index (χ2v) is 13.3. The highest BCUT2D eigenvalue weighted by molar-refractivity contribution is 5.94. The molecular weight excluding hydrogens is 464 g/mol. The van der Waals surface area contributed by atoms with E-state index in [0.717, 1.165) is 17.9 Å². The normalized spacial score (nSPS) is 30.2. The Kier molecular flexibility index (Phi) is 5.60. The minimum Gasteiger partial charge on any atom is -0.349 e. The Balaban J connectivity index is 1.04. The first-order valence-electron chi connectivity index (χ1n) is 14.7. The van der Waals surface area contributed by atoms with E-state index in [1.54, 1.807) is 0 Å². The molecule has 7 rings (SSSR count). The molecule has 0 radical (unpaired) electrons. The van der Waals surface area contributed by atoms with Crippen LogP contribution in [0.25, 0.3) is 11.1 Å². The first-order valence-corrected chi connectivity index (χ1v) is 14.7. The Morgan fingerprint density at radius 1 is 1.03 bits per heavy atom. The van der Waals surface area contributed by atoms with Crippen molar-refractivity contribution in [2.75, 3.05) is 13.1 Å². The Morgan fingerprint density at radius 3 is 2.50 bits per heavy atom. The van der Waals surface area contributed by atoms with Crippen LogP contribution in [0.4, 0.5) is 0 Å². The number of benzene rings is 3. The molecule has 196 valence electrons. The molecular formula is C35H40N2O. The lowest BCUT2D eigenvalue weighted by atomic mass is 9.63. The van der Waals surface area contributed by atoms with Gasteiger partial charge in [-0.2, -0.15) is 0 Å². The van der Waals surface area contributed by atoms with E-state index in [1.807, 2.05) is 6.07 Å². The number of rotatable bonds is 7. The van der Waals surface area contributed by atoms with Crippen LogP contribution in [0.5, 0.6) is 0 Å². The van der Waals surface area contributed by atoms with E-state index in [9.17, 15) is 4.79 Å². The van der Waals surface area contributed by atoms with Crippen LogP contribution in [0, 0.1) is 17.3 Å². The third-order valence-corrected chi connectivity index (χ3v) is 10.4. The maximum Gasteiger partial charge on any atom is 0.251 e. The summed E-state index contributed by atoms with van der Waals surface area (Å²) < 4.78 is 0. The molecule has 1 amide bonds. The summed E-state index contributed by atoms with van der Waals surface area (Å²) in [5, 5.41) is 3.28. The summed E-state index contributed by atoms with van der Waals surface area (Å²) in [5.41, 5.74) is 8.06. The van der Waals surface area contributed by atoms with Gasteiger partial charge < -0.3 is 5.32 Å². The van der Waals surface area contributed by atoms with Gasteiger partial charge in [0.25, 0.3) is 5.91 Å². The zero-order chi connectivity index (χ0) is 26.1. The maximum absolute atomic E-state index is 13.4. The molecule has 2 bridgehead atoms. The fourth-order valence-corrected chi connectivity index (χ4v) is 8.45. The van der Waals surface area contributed by atoms with Crippen LogP contribution in [0.15, 0.2) is 72.8 Å². The van der Waals surface area contributed by atoms with Crippen molar-refractivity contribution in [2.45, 2.75) is 70.4 Å². The number of hydrogen-bond donors (Lipinski definition) is 1. The van der Waals surface area contributed by atoms with Crippen LogP contribution in [0.2, 0.25) is 0 Å². The van der Waals surface area contributed by atoms with Crippen molar-refractivity contribution >= 4 is 5.91 Å². The SMILES string of the molecule is CC(Cc1ccc(-c2ccccc2)cc1)NC(=O)c1ccc2c(c1)[C@@]1(C)CC3(C2)CN(CC2CC2)C3[C@@H]1C. The van der Waals surface area contributed by atoms with Gasteiger partial charge in [-0.05, 0) is 96.2 Å². The number of fused-ring (bicyclic) bond motifs is 3. The third kappa shape index (κ3) is 3.93. The number of hydrogen-bond acceptors (Lipinski definition) is 2. The molecule has 3 aromatic carbocycles. The largest absolute Gasteiger partial charge is 0.349 e. The molecule has 1 spiro atoms. The number of nitrogens with one attached hydrogen (secondary N) is 1. The summed E-state index contributed by atoms with van der Waals surface area (Å²) >= 11 is 0. The lowest BCUT2D eigenvalue weighted by Gasteiger charge is -2.56. The van der Waals surface area contributed by atoms with E-state index in [1.165, 1.54) is 66.6 Å². The molecule has 3 heteroatoms. The van der Waals surface area contributed by atoms with Crippen LogP contribution in [0.3, 0.4) is 0 Å². The number of amides is 1. The third-order valence-electron chi connectivity index (χ3n) is 10.4. The minimum absolute atomic E-state index is 0.0501. The average molecular weight is 505 g/mol. The Morgan fingerprint density at radius 2 is 1.76 bits per heavy atom. The number of nitrogens with zero attached hydrogens (tertiary/aromatic N) is 1. The monoisotopic (exact) mass is 504 g/mol. The first-order chi connectivity index (χ1) is 18.3. The van der Waals surface area contributed by atoms with E-state index in [4.69, 9.17) is 0 Å². The molecule has 1 heterocycles. The van der Waals surface area contributed by atoms with E-state index < -0.39 is 0 Å². The summed E-state index contributed by atoms with van der Waals surface area (Å²) in [6.07, 6.45) is 6.14. The van der Waals surface area contributed by atoms with E-state index in [0.29, 0.717) is 17.4 Å². The summed E-state index contributed by atoms with van der Waals surface area (Å²) in [7, 11) is 0. The van der Waals surface area contributed by atoms with Gasteiger partial charge in [0.05, 0.1) is 0 Å². The lowest BCUT2D eigenvalue weighted by molar-refractivity contribution is -0.0692. The molecule has 1 saturated heterocycles. The minimum atomic E-state index is 0.0501. The molecule has 3 aliphatic carbocycles. The highest BCUT2D eigenvalue weighted by Crippen LogP contribution is 2.66. The van der Waals surface area contributed by atoms with Crippen molar-refractivity contribution in [2.24, 2.45) is 17.3 Å². The van der Waals surface area contributed by atoms with Crippen molar-refractivity contribution in [3.8, 4) is 11.1 Å². The van der Waals surface area contributed by atoms with Crippen LogP contribution in [-0.2, 0) is 18.3 Å². The molecule has 1 N–H and O–H groups in total. The van der Waals surface area contributed by atoms with Gasteiger partial charge >= 0.3 is 0 Å². The molecule has 38 heavy (non-hydrogen) atoms. The topological polar surface area (TPSA) is 32.3 Å². The maximum atomic E-state index is 13.4. The zero-order valence-electron chi connectivity index (χ0n) is 23.0. The van der Waals surface area contributed by atoms with Crippen LogP contribution >= 0.6 is 0 Å². The summed E-state index contributed by atoms with van der Waals surface area (Å²) in [6.45, 7) is 9.66. The quantitative estimate of drug-likeness (QED) is 0.391. The summed E-state index contributed by atoms with van der Waals surface area (Å²) in [6, 6.07) is 26.5. The standard InChI is InChI=1S/C35H40N2O/c1-23(17-25-11-13-28(14-12-25)27-7-5-4-6-8-27)36-33(38)29-15-16-30-19-35-21-34(3,31(30)18-29)24(2)32(35)37(22-35)20-26-9-10-26/h4-8,11-16,18,23-24,26,32H,9-10,17,19-22H2,1-3H3,(H,36,38)/t23?,24-,32?,34-,35?/m0/s1. The molecule has 3 nitrogen and oxygen atoms in total. The van der Waals surface area contributed by atoms with Gasteiger partial charge in [0.1, 0.15) is 0 Å². The Labute approximate surface area is 227 Å². The van der Waals surface area contributed by atoms with Gasteiger partial charge in [-0.1, -0.05) is 74.5 Å². The number of likely N-dealkylation sites (tertiary alicyclic amines) is 1. The molecule has 4 aliphatic rings. The van der Waals surface area contributed by atoms with Gasteiger partial charge in [-0.15, -0.1) is 0 Å². The molecule has 3 fully saturated rings. The predicted octanol–water partition coefficient (Wildman–Crippen LogP) is 6.65. The molecule has 3 aromatic rings. The van der Waals surface area contributed by atoms with Crippen molar-refractivity contribution in [3.05, 3.63) is 95.1 Å². The van der Waals surface area contributed by atoms with Crippen LogP contribution < -0.4 is 5.32 Å². The van der Waals surface area contributed by atoms with Crippen molar-refractivity contribution in [1.29, 1.82) is 0 Å². The number of carbonyl (C=O) groups excluding carboxylic acids is 1. The summed E-state index contributed by atoms with van der Waals surface area (Å²) in [5.74, 6) is 1.63. The molecule has 1 aliphatic heterocycles. The van der Waals surface area contributed by atoms with E-state index >= 15 is 0 Å². The smallest absolute Gasteiger partial charge is 0.251 e. The van der Waals surface area contributed by atoms with Crippen LogP contribution in [-0.4, -0.2) is 36.0 Å². The average Bonchev–Trinajstić information content (AvgIpc) is 3.71. The Hall–Kier alpha value is -2.91. The van der Waals surface area contributed by atoms with Gasteiger partial charge in [0.2, 0.25) is 0 Å². The Bertz CT molecular complexity index is 1360. The predicted molar refractivity (Wildman–Crippen MR) is 154 cm³/mol. The molecule has 0 aromatic heterocycles. The van der Waals surface area contributed by atoms with E-state index in [2.05, 4.69) is 97.7 Å². The second-order valence-electron chi connectivity index (χ2n) is 13.3.